The molecule has 0 unspecified atom stereocenters. The van der Waals surface area contributed by atoms with Gasteiger partial charge in [-0.3, -0.25) is 4.79 Å². The van der Waals surface area contributed by atoms with Gasteiger partial charge in [0.2, 0.25) is 0 Å². The normalized spacial score (nSPS) is 10.5. The van der Waals surface area contributed by atoms with Crippen molar-refractivity contribution in [1.82, 2.24) is 4.57 Å². The molecule has 1 N–H and O–H groups in total. The molecule has 3 rings (SSSR count). The molecule has 0 spiro atoms. The minimum Gasteiger partial charge on any atom is -0.495 e. The summed E-state index contributed by atoms with van der Waals surface area (Å²) in [6, 6.07) is 17.3. The van der Waals surface area contributed by atoms with Crippen LogP contribution in [0.1, 0.15) is 32.9 Å². The lowest BCUT2D eigenvalue weighted by atomic mass is 10.2. The third-order valence-electron chi connectivity index (χ3n) is 4.94. The molecular formula is C24H26N2O4. The number of hydrogen-bond acceptors (Lipinski definition) is 4. The SMILES string of the molecule is COc1ccc(C)cc1NC(=O)COC(=O)c1cc(C)n(Cc2ccccc2)c1C. The molecule has 0 bridgehead atoms. The van der Waals surface area contributed by atoms with Crippen molar-refractivity contribution in [3.8, 4) is 5.75 Å². The van der Waals surface area contributed by atoms with Gasteiger partial charge in [-0.25, -0.2) is 4.79 Å². The van der Waals surface area contributed by atoms with Crippen LogP contribution in [-0.4, -0.2) is 30.2 Å². The number of esters is 1. The number of rotatable bonds is 7. The molecule has 0 saturated heterocycles. The molecule has 0 radical (unpaired) electrons. The van der Waals surface area contributed by atoms with E-state index in [0.717, 1.165) is 22.5 Å². The Balaban J connectivity index is 1.64. The van der Waals surface area contributed by atoms with Crippen molar-refractivity contribution in [2.75, 3.05) is 19.0 Å². The van der Waals surface area contributed by atoms with E-state index in [2.05, 4.69) is 9.88 Å². The molecule has 0 aliphatic rings. The van der Waals surface area contributed by atoms with Gasteiger partial charge in [0.25, 0.3) is 5.91 Å². The summed E-state index contributed by atoms with van der Waals surface area (Å²) in [5.74, 6) is -0.399. The third-order valence-corrected chi connectivity index (χ3v) is 4.94. The van der Waals surface area contributed by atoms with Gasteiger partial charge in [-0.05, 0) is 50.1 Å². The van der Waals surface area contributed by atoms with Crippen LogP contribution in [0.25, 0.3) is 0 Å². The van der Waals surface area contributed by atoms with Crippen molar-refractivity contribution in [3.63, 3.8) is 0 Å². The fraction of sp³-hybridized carbons (Fsp3) is 0.250. The summed E-state index contributed by atoms with van der Waals surface area (Å²) < 4.78 is 12.6. The van der Waals surface area contributed by atoms with Gasteiger partial charge in [0.15, 0.2) is 6.61 Å². The highest BCUT2D eigenvalue weighted by atomic mass is 16.5. The number of ether oxygens (including phenoxy) is 2. The first-order valence-corrected chi connectivity index (χ1v) is 9.71. The molecule has 0 aliphatic carbocycles. The Labute approximate surface area is 176 Å². The van der Waals surface area contributed by atoms with Crippen molar-refractivity contribution in [1.29, 1.82) is 0 Å². The Morgan fingerprint density at radius 3 is 2.43 bits per heavy atom. The Morgan fingerprint density at radius 1 is 1.00 bits per heavy atom. The first-order chi connectivity index (χ1) is 14.4. The largest absolute Gasteiger partial charge is 0.495 e. The smallest absolute Gasteiger partial charge is 0.340 e. The number of methoxy groups -OCH3 is 1. The molecule has 1 heterocycles. The number of hydrogen-bond donors (Lipinski definition) is 1. The molecule has 6 nitrogen and oxygen atoms in total. The minimum atomic E-state index is -0.520. The molecule has 1 amide bonds. The average Bonchev–Trinajstić information content (AvgIpc) is 3.01. The standard InChI is InChI=1S/C24H26N2O4/c1-16-10-11-22(29-4)21(12-16)25-23(27)15-30-24(28)20-13-17(2)26(18(20)3)14-19-8-6-5-7-9-19/h5-13H,14-15H2,1-4H3,(H,25,27). The van der Waals surface area contributed by atoms with Gasteiger partial charge in [0, 0.05) is 17.9 Å². The average molecular weight is 406 g/mol. The van der Waals surface area contributed by atoms with Crippen molar-refractivity contribution in [2.45, 2.75) is 27.3 Å². The number of carbonyl (C=O) groups is 2. The van der Waals surface area contributed by atoms with E-state index < -0.39 is 11.9 Å². The van der Waals surface area contributed by atoms with Crippen molar-refractivity contribution in [3.05, 3.63) is 82.7 Å². The monoisotopic (exact) mass is 406 g/mol. The van der Waals surface area contributed by atoms with Crippen LogP contribution in [0.2, 0.25) is 0 Å². The second-order valence-corrected chi connectivity index (χ2v) is 7.18. The second-order valence-electron chi connectivity index (χ2n) is 7.18. The highest BCUT2D eigenvalue weighted by molar-refractivity contribution is 5.97. The van der Waals surface area contributed by atoms with E-state index in [1.807, 2.05) is 57.2 Å². The van der Waals surface area contributed by atoms with Crippen LogP contribution < -0.4 is 10.1 Å². The molecule has 1 aromatic heterocycles. The van der Waals surface area contributed by atoms with Crippen LogP contribution in [0, 0.1) is 20.8 Å². The van der Waals surface area contributed by atoms with E-state index in [-0.39, 0.29) is 6.61 Å². The summed E-state index contributed by atoms with van der Waals surface area (Å²) in [4.78, 5) is 24.9. The van der Waals surface area contributed by atoms with Crippen molar-refractivity contribution < 1.29 is 19.1 Å². The van der Waals surface area contributed by atoms with Gasteiger partial charge >= 0.3 is 5.97 Å². The summed E-state index contributed by atoms with van der Waals surface area (Å²) >= 11 is 0. The van der Waals surface area contributed by atoms with Gasteiger partial charge in [-0.1, -0.05) is 36.4 Å². The second kappa shape index (κ2) is 9.31. The van der Waals surface area contributed by atoms with E-state index in [9.17, 15) is 9.59 Å². The lowest BCUT2D eigenvalue weighted by Gasteiger charge is -2.12. The van der Waals surface area contributed by atoms with Crippen LogP contribution in [0.4, 0.5) is 5.69 Å². The summed E-state index contributed by atoms with van der Waals surface area (Å²) in [5.41, 5.74) is 4.89. The van der Waals surface area contributed by atoms with Crippen molar-refractivity contribution in [2.24, 2.45) is 0 Å². The van der Waals surface area contributed by atoms with Gasteiger partial charge < -0.3 is 19.4 Å². The summed E-state index contributed by atoms with van der Waals surface area (Å²) in [5, 5.41) is 2.73. The fourth-order valence-corrected chi connectivity index (χ4v) is 3.33. The molecule has 6 heteroatoms. The quantitative estimate of drug-likeness (QED) is 0.595. The van der Waals surface area contributed by atoms with E-state index in [0.29, 0.717) is 23.5 Å². The Bertz CT molecular complexity index is 1050. The zero-order valence-corrected chi connectivity index (χ0v) is 17.7. The number of aryl methyl sites for hydroxylation is 2. The molecule has 2 aromatic carbocycles. The van der Waals surface area contributed by atoms with Gasteiger partial charge in [0.05, 0.1) is 18.4 Å². The van der Waals surface area contributed by atoms with Crippen LogP contribution in [0.5, 0.6) is 5.75 Å². The molecular weight excluding hydrogens is 380 g/mol. The molecule has 0 atom stereocenters. The zero-order chi connectivity index (χ0) is 21.7. The maximum Gasteiger partial charge on any atom is 0.340 e. The van der Waals surface area contributed by atoms with Crippen LogP contribution in [0.3, 0.4) is 0 Å². The summed E-state index contributed by atoms with van der Waals surface area (Å²) in [6.07, 6.45) is 0. The number of nitrogens with zero attached hydrogens (tertiary/aromatic N) is 1. The first kappa shape index (κ1) is 21.2. The number of benzene rings is 2. The topological polar surface area (TPSA) is 69.6 Å². The van der Waals surface area contributed by atoms with Gasteiger partial charge in [-0.15, -0.1) is 0 Å². The number of nitrogens with one attached hydrogen (secondary N) is 1. The highest BCUT2D eigenvalue weighted by Crippen LogP contribution is 2.25. The molecule has 0 aliphatic heterocycles. The van der Waals surface area contributed by atoms with Gasteiger partial charge in [-0.2, -0.15) is 0 Å². The van der Waals surface area contributed by atoms with E-state index in [4.69, 9.17) is 9.47 Å². The number of carbonyl (C=O) groups excluding carboxylic acids is 2. The van der Waals surface area contributed by atoms with Crippen LogP contribution in [-0.2, 0) is 16.1 Å². The van der Waals surface area contributed by atoms with Gasteiger partial charge in [0.1, 0.15) is 5.75 Å². The summed E-state index contributed by atoms with van der Waals surface area (Å²) in [7, 11) is 1.53. The van der Waals surface area contributed by atoms with E-state index >= 15 is 0 Å². The zero-order valence-electron chi connectivity index (χ0n) is 17.7. The van der Waals surface area contributed by atoms with Crippen LogP contribution in [0.15, 0.2) is 54.6 Å². The molecule has 156 valence electrons. The molecule has 30 heavy (non-hydrogen) atoms. The predicted octanol–water partition coefficient (Wildman–Crippen LogP) is 4.27. The third kappa shape index (κ3) is 4.89. The predicted molar refractivity (Wildman–Crippen MR) is 116 cm³/mol. The maximum atomic E-state index is 12.6. The lowest BCUT2D eigenvalue weighted by molar-refractivity contribution is -0.119. The fourth-order valence-electron chi connectivity index (χ4n) is 3.33. The first-order valence-electron chi connectivity index (χ1n) is 9.71. The molecule has 3 aromatic rings. The number of amides is 1. The van der Waals surface area contributed by atoms with Crippen LogP contribution >= 0.6 is 0 Å². The Morgan fingerprint density at radius 2 is 1.73 bits per heavy atom. The number of anilines is 1. The highest BCUT2D eigenvalue weighted by Gasteiger charge is 2.18. The lowest BCUT2D eigenvalue weighted by Crippen LogP contribution is -2.21. The Hall–Kier alpha value is -3.54. The maximum absolute atomic E-state index is 12.6. The molecule has 0 saturated carbocycles. The summed E-state index contributed by atoms with van der Waals surface area (Å²) in [6.45, 7) is 6.03. The van der Waals surface area contributed by atoms with E-state index in [1.165, 1.54) is 7.11 Å². The molecule has 0 fully saturated rings. The number of aromatic nitrogens is 1. The minimum absolute atomic E-state index is 0.377. The van der Waals surface area contributed by atoms with Crippen molar-refractivity contribution >= 4 is 17.6 Å². The Kier molecular flexibility index (Phi) is 6.57. The van der Waals surface area contributed by atoms with E-state index in [1.54, 1.807) is 18.2 Å².